The molecule has 0 aromatic heterocycles. The maximum atomic E-state index is 12.1. The Kier molecular flexibility index (Phi) is 5.41. The van der Waals surface area contributed by atoms with E-state index in [9.17, 15) is 9.59 Å². The van der Waals surface area contributed by atoms with Crippen LogP contribution in [0.1, 0.15) is 24.8 Å². The molecule has 1 heterocycles. The highest BCUT2D eigenvalue weighted by Crippen LogP contribution is 2.22. The van der Waals surface area contributed by atoms with Crippen molar-refractivity contribution in [3.8, 4) is 0 Å². The van der Waals surface area contributed by atoms with Crippen molar-refractivity contribution >= 4 is 23.6 Å². The molecule has 1 aromatic rings. The molecule has 1 aromatic carbocycles. The van der Waals surface area contributed by atoms with E-state index < -0.39 is 6.09 Å². The normalized spacial score (nSPS) is 18.9. The van der Waals surface area contributed by atoms with Gasteiger partial charge in [0.1, 0.15) is 6.61 Å². The number of alkyl halides is 1. The van der Waals surface area contributed by atoms with Gasteiger partial charge in [0.25, 0.3) is 0 Å². The molecular formula is C15H18ClNO3. The van der Waals surface area contributed by atoms with Crippen molar-refractivity contribution in [1.82, 2.24) is 4.90 Å². The largest absolute Gasteiger partial charge is 0.444 e. The molecule has 1 aliphatic heterocycles. The Morgan fingerprint density at radius 1 is 1.35 bits per heavy atom. The van der Waals surface area contributed by atoms with Gasteiger partial charge in [-0.3, -0.25) is 4.79 Å². The molecule has 20 heavy (non-hydrogen) atoms. The van der Waals surface area contributed by atoms with Crippen molar-refractivity contribution in [2.75, 3.05) is 12.4 Å². The number of benzene rings is 1. The smallest absolute Gasteiger partial charge is 0.416 e. The van der Waals surface area contributed by atoms with E-state index in [1.54, 1.807) is 0 Å². The fraction of sp³-hybridized carbons (Fsp3) is 0.467. The van der Waals surface area contributed by atoms with Crippen molar-refractivity contribution in [1.29, 1.82) is 0 Å². The topological polar surface area (TPSA) is 46.6 Å². The third-order valence-corrected chi connectivity index (χ3v) is 3.65. The minimum absolute atomic E-state index is 0.148. The molecular weight excluding hydrogens is 278 g/mol. The van der Waals surface area contributed by atoms with E-state index in [0.717, 1.165) is 18.4 Å². The first-order valence-corrected chi connectivity index (χ1v) is 7.34. The number of likely N-dealkylation sites (tertiary alicyclic amines) is 1. The van der Waals surface area contributed by atoms with Crippen LogP contribution in [-0.2, 0) is 16.1 Å². The summed E-state index contributed by atoms with van der Waals surface area (Å²) < 4.78 is 5.20. The molecule has 2 rings (SSSR count). The summed E-state index contributed by atoms with van der Waals surface area (Å²) in [4.78, 5) is 25.3. The van der Waals surface area contributed by atoms with Crippen molar-refractivity contribution < 1.29 is 14.3 Å². The van der Waals surface area contributed by atoms with E-state index in [1.807, 2.05) is 30.3 Å². The predicted molar refractivity (Wildman–Crippen MR) is 76.4 cm³/mol. The van der Waals surface area contributed by atoms with Crippen molar-refractivity contribution in [3.63, 3.8) is 0 Å². The Morgan fingerprint density at radius 2 is 2.10 bits per heavy atom. The Morgan fingerprint density at radius 3 is 2.80 bits per heavy atom. The lowest BCUT2D eigenvalue weighted by Gasteiger charge is -2.29. The number of imide groups is 1. The number of hydrogen-bond donors (Lipinski definition) is 0. The first kappa shape index (κ1) is 14.9. The molecule has 1 saturated heterocycles. The summed E-state index contributed by atoms with van der Waals surface area (Å²) in [6.07, 6.45) is 1.67. The van der Waals surface area contributed by atoms with Crippen LogP contribution in [0.15, 0.2) is 30.3 Å². The molecule has 4 nitrogen and oxygen atoms in total. The molecule has 1 atom stereocenters. The van der Waals surface area contributed by atoms with Crippen LogP contribution in [0.3, 0.4) is 0 Å². The molecule has 0 N–H and O–H groups in total. The highest BCUT2D eigenvalue weighted by Gasteiger charge is 2.32. The lowest BCUT2D eigenvalue weighted by Crippen LogP contribution is -2.45. The van der Waals surface area contributed by atoms with Crippen molar-refractivity contribution in [2.45, 2.75) is 25.9 Å². The van der Waals surface area contributed by atoms with E-state index in [4.69, 9.17) is 16.3 Å². The second-order valence-corrected chi connectivity index (χ2v) is 5.22. The number of rotatable bonds is 4. The van der Waals surface area contributed by atoms with Gasteiger partial charge in [-0.2, -0.15) is 0 Å². The average Bonchev–Trinajstić information content (AvgIpc) is 2.48. The van der Waals surface area contributed by atoms with Crippen LogP contribution in [0.4, 0.5) is 4.79 Å². The highest BCUT2D eigenvalue weighted by molar-refractivity contribution is 6.18. The fourth-order valence-corrected chi connectivity index (χ4v) is 2.59. The van der Waals surface area contributed by atoms with Gasteiger partial charge in [0.05, 0.1) is 0 Å². The first-order chi connectivity index (χ1) is 9.72. The van der Waals surface area contributed by atoms with Gasteiger partial charge in [-0.25, -0.2) is 9.69 Å². The molecule has 1 aliphatic rings. The second kappa shape index (κ2) is 7.29. The van der Waals surface area contributed by atoms with Crippen LogP contribution in [0.25, 0.3) is 0 Å². The molecule has 0 spiro atoms. The van der Waals surface area contributed by atoms with Crippen LogP contribution in [0, 0.1) is 5.92 Å². The number of piperidine rings is 1. The van der Waals surface area contributed by atoms with Crippen molar-refractivity contribution in [2.24, 2.45) is 5.92 Å². The molecule has 0 aliphatic carbocycles. The number of carbonyl (C=O) groups excluding carboxylic acids is 2. The fourth-order valence-electron chi connectivity index (χ4n) is 2.33. The minimum Gasteiger partial charge on any atom is -0.444 e. The molecule has 0 radical (unpaired) electrons. The summed E-state index contributed by atoms with van der Waals surface area (Å²) in [6, 6.07) is 9.41. The van der Waals surface area contributed by atoms with Gasteiger partial charge >= 0.3 is 6.09 Å². The molecule has 108 valence electrons. The van der Waals surface area contributed by atoms with Crippen LogP contribution >= 0.6 is 11.6 Å². The number of carbonyl (C=O) groups is 2. The number of nitrogens with zero attached hydrogens (tertiary/aromatic N) is 1. The lowest BCUT2D eigenvalue weighted by molar-refractivity contribution is -0.136. The van der Waals surface area contributed by atoms with Gasteiger partial charge in [-0.05, 0) is 24.8 Å². The lowest BCUT2D eigenvalue weighted by atomic mass is 9.95. The number of ether oxygens (including phenoxy) is 1. The summed E-state index contributed by atoms with van der Waals surface area (Å²) in [5.74, 6) is 0.129. The van der Waals surface area contributed by atoms with E-state index in [0.29, 0.717) is 18.8 Å². The van der Waals surface area contributed by atoms with E-state index >= 15 is 0 Å². The Labute approximate surface area is 123 Å². The quantitative estimate of drug-likeness (QED) is 0.802. The highest BCUT2D eigenvalue weighted by atomic mass is 35.5. The molecule has 0 bridgehead atoms. The van der Waals surface area contributed by atoms with Crippen LogP contribution in [0.2, 0.25) is 0 Å². The van der Waals surface area contributed by atoms with Crippen LogP contribution in [0.5, 0.6) is 0 Å². The number of amides is 2. The third kappa shape index (κ3) is 3.73. The maximum Gasteiger partial charge on any atom is 0.416 e. The standard InChI is InChI=1S/C15H18ClNO3/c16-9-8-13-7-4-10-17(14(13)18)15(19)20-11-12-5-2-1-3-6-12/h1-3,5-6,13H,4,7-11H2. The van der Waals surface area contributed by atoms with Crippen molar-refractivity contribution in [3.05, 3.63) is 35.9 Å². The molecule has 2 amide bonds. The first-order valence-electron chi connectivity index (χ1n) is 6.80. The van der Waals surface area contributed by atoms with E-state index in [1.165, 1.54) is 4.90 Å². The SMILES string of the molecule is O=C(OCc1ccccc1)N1CCCC(CCCl)C1=O. The van der Waals surface area contributed by atoms with Gasteiger partial charge in [0.15, 0.2) is 0 Å². The number of hydrogen-bond acceptors (Lipinski definition) is 3. The summed E-state index contributed by atoms with van der Waals surface area (Å²) in [7, 11) is 0. The minimum atomic E-state index is -0.557. The third-order valence-electron chi connectivity index (χ3n) is 3.43. The summed E-state index contributed by atoms with van der Waals surface area (Å²) in [5.41, 5.74) is 0.905. The average molecular weight is 296 g/mol. The van der Waals surface area contributed by atoms with Gasteiger partial charge in [-0.15, -0.1) is 11.6 Å². The molecule has 1 unspecified atom stereocenters. The zero-order valence-electron chi connectivity index (χ0n) is 11.3. The zero-order valence-corrected chi connectivity index (χ0v) is 12.0. The van der Waals surface area contributed by atoms with E-state index in [-0.39, 0.29) is 18.4 Å². The predicted octanol–water partition coefficient (Wildman–Crippen LogP) is 3.19. The second-order valence-electron chi connectivity index (χ2n) is 4.85. The van der Waals surface area contributed by atoms with Gasteiger partial charge in [-0.1, -0.05) is 30.3 Å². The summed E-state index contributed by atoms with van der Waals surface area (Å²) in [6.45, 7) is 0.620. The monoisotopic (exact) mass is 295 g/mol. The van der Waals surface area contributed by atoms with Gasteiger partial charge < -0.3 is 4.74 Å². The van der Waals surface area contributed by atoms with Gasteiger partial charge in [0.2, 0.25) is 5.91 Å². The van der Waals surface area contributed by atoms with E-state index in [2.05, 4.69) is 0 Å². The molecule has 5 heteroatoms. The summed E-state index contributed by atoms with van der Waals surface area (Å²) in [5, 5.41) is 0. The Balaban J connectivity index is 1.90. The van der Waals surface area contributed by atoms with Gasteiger partial charge in [0, 0.05) is 18.3 Å². The summed E-state index contributed by atoms with van der Waals surface area (Å²) >= 11 is 5.68. The Bertz CT molecular complexity index is 461. The van der Waals surface area contributed by atoms with Crippen LogP contribution in [-0.4, -0.2) is 29.3 Å². The molecule has 0 saturated carbocycles. The van der Waals surface area contributed by atoms with Crippen LogP contribution < -0.4 is 0 Å². The zero-order chi connectivity index (χ0) is 14.4. The number of halogens is 1. The Hall–Kier alpha value is -1.55. The molecule has 1 fully saturated rings. The maximum absolute atomic E-state index is 12.1.